The Morgan fingerprint density at radius 1 is 0.549 bits per heavy atom. The predicted octanol–water partition coefficient (Wildman–Crippen LogP) is 7.18. The van der Waals surface area contributed by atoms with E-state index in [-0.39, 0.29) is 24.0 Å². The number of carbonyl (C=O) groups is 3. The highest BCUT2D eigenvalue weighted by atomic mass is 19.4. The van der Waals surface area contributed by atoms with Gasteiger partial charge in [0.2, 0.25) is 0 Å². The molecule has 0 saturated carbocycles. The van der Waals surface area contributed by atoms with E-state index in [0.29, 0.717) is 186 Å². The van der Waals surface area contributed by atoms with Gasteiger partial charge in [0.25, 0.3) is 11.8 Å². The maximum absolute atomic E-state index is 13.8. The summed E-state index contributed by atoms with van der Waals surface area (Å²) in [4.78, 5) is 47.6. The second-order valence-corrected chi connectivity index (χ2v) is 18.2. The fraction of sp³-hybridized carbons (Fsp3) is 0.559. The lowest BCUT2D eigenvalue weighted by molar-refractivity contribution is -0.137. The molecule has 0 aliphatic heterocycles. The highest BCUT2D eigenvalue weighted by molar-refractivity contribution is 6.06. The van der Waals surface area contributed by atoms with Gasteiger partial charge in [0.05, 0.1) is 149 Å². The van der Waals surface area contributed by atoms with Gasteiger partial charge >= 0.3 is 12.2 Å². The van der Waals surface area contributed by atoms with Crippen LogP contribution in [0.15, 0.2) is 85.1 Å². The van der Waals surface area contributed by atoms with E-state index in [2.05, 4.69) is 25.8 Å². The Hall–Kier alpha value is -5.83. The smallest absolute Gasteiger partial charge is 0.382 e. The van der Waals surface area contributed by atoms with E-state index in [0.717, 1.165) is 42.9 Å². The van der Waals surface area contributed by atoms with Crippen molar-refractivity contribution in [2.45, 2.75) is 39.4 Å². The number of nitrogens with zero attached hydrogens (tertiary/aromatic N) is 3. The lowest BCUT2D eigenvalue weighted by Gasteiger charge is -2.23. The number of aryl methyl sites for hydroxylation is 1. The molecular formula is C59H85F3N6O14. The second kappa shape index (κ2) is 42.0. The molecule has 4 amide bonds. The minimum atomic E-state index is -4.50. The maximum Gasteiger partial charge on any atom is 0.416 e. The van der Waals surface area contributed by atoms with Crippen LogP contribution in [0.25, 0.3) is 11.3 Å². The standard InChI is InChI=1S/C59H85F3N6O14/c1-5-68(6-2)52-15-16-54(53(45-52)55-44-50(17-18-63-55)56(69)65-46-48-11-8-14-51(43-48)59(60,61)62)66-57(70)49-13-7-10-47(42-49)12-9-21-73-26-29-77-34-35-78-30-27-74-22-19-64-58(71)67(3)20-23-75-28-31-79-36-37-81-40-41-82-39-38-80-33-32-76-25-24-72-4/h7-8,10-11,13-18,42-45H,5-6,9,12,19-41,46H2,1-4H3,(H,64,71)(H,65,69)(H,66,70). The van der Waals surface area contributed by atoms with Crippen LogP contribution in [-0.4, -0.2) is 207 Å². The Morgan fingerprint density at radius 3 is 1.65 bits per heavy atom. The lowest BCUT2D eigenvalue weighted by atomic mass is 10.0. The molecule has 23 heteroatoms. The number of likely N-dealkylation sites (N-methyl/N-ethyl adjacent to an activating group) is 1. The van der Waals surface area contributed by atoms with Gasteiger partial charge in [-0.2, -0.15) is 13.2 Å². The molecule has 0 bridgehead atoms. The molecule has 82 heavy (non-hydrogen) atoms. The van der Waals surface area contributed by atoms with E-state index in [1.807, 2.05) is 50.2 Å². The first-order chi connectivity index (χ1) is 39.9. The molecule has 3 aromatic carbocycles. The molecule has 0 saturated heterocycles. The van der Waals surface area contributed by atoms with Crippen LogP contribution in [0.4, 0.5) is 29.3 Å². The predicted molar refractivity (Wildman–Crippen MR) is 305 cm³/mol. The fourth-order valence-corrected chi connectivity index (χ4v) is 7.71. The van der Waals surface area contributed by atoms with Gasteiger partial charge in [-0.3, -0.25) is 14.6 Å². The molecule has 4 rings (SSSR count). The first kappa shape index (κ1) is 68.7. The van der Waals surface area contributed by atoms with Gasteiger partial charge in [0.1, 0.15) is 0 Å². The molecule has 4 aromatic rings. The van der Waals surface area contributed by atoms with Crippen molar-refractivity contribution in [2.75, 3.05) is 189 Å². The van der Waals surface area contributed by atoms with Crippen molar-refractivity contribution < 1.29 is 79.7 Å². The van der Waals surface area contributed by atoms with Gasteiger partial charge in [-0.05, 0) is 92.4 Å². The van der Waals surface area contributed by atoms with E-state index >= 15 is 0 Å². The molecule has 0 aliphatic carbocycles. The fourth-order valence-electron chi connectivity index (χ4n) is 7.71. The molecule has 0 radical (unpaired) electrons. The molecule has 0 unspecified atom stereocenters. The summed E-state index contributed by atoms with van der Waals surface area (Å²) in [5.41, 5.74) is 3.61. The number of anilines is 2. The number of urea groups is 1. The molecule has 0 aliphatic rings. The number of alkyl halides is 3. The van der Waals surface area contributed by atoms with Crippen molar-refractivity contribution >= 4 is 29.2 Å². The molecule has 0 spiro atoms. The van der Waals surface area contributed by atoms with Crippen LogP contribution in [0.2, 0.25) is 0 Å². The van der Waals surface area contributed by atoms with E-state index < -0.39 is 17.6 Å². The monoisotopic (exact) mass is 1160 g/mol. The molecule has 456 valence electrons. The topological polar surface area (TPSA) is 208 Å². The summed E-state index contributed by atoms with van der Waals surface area (Å²) in [5, 5.41) is 8.56. The van der Waals surface area contributed by atoms with E-state index in [1.54, 1.807) is 31.2 Å². The summed E-state index contributed by atoms with van der Waals surface area (Å²) in [6.07, 6.45) is -1.60. The maximum atomic E-state index is 13.8. The number of aromatic nitrogens is 1. The summed E-state index contributed by atoms with van der Waals surface area (Å²) in [6.45, 7) is 15.8. The average molecular weight is 1160 g/mol. The highest BCUT2D eigenvalue weighted by Gasteiger charge is 2.30. The molecule has 0 atom stereocenters. The number of hydrogen-bond donors (Lipinski definition) is 3. The van der Waals surface area contributed by atoms with Crippen molar-refractivity contribution in [1.82, 2.24) is 20.5 Å². The number of carbonyl (C=O) groups excluding carboxylic acids is 3. The molecule has 0 fully saturated rings. The van der Waals surface area contributed by atoms with E-state index in [4.69, 9.17) is 52.1 Å². The Balaban J connectivity index is 0.997. The molecule has 1 heterocycles. The number of ether oxygens (including phenoxy) is 11. The van der Waals surface area contributed by atoms with Gasteiger partial charge in [-0.1, -0.05) is 24.3 Å². The van der Waals surface area contributed by atoms with Crippen molar-refractivity contribution in [3.05, 3.63) is 113 Å². The van der Waals surface area contributed by atoms with Crippen LogP contribution in [0.1, 0.15) is 57.7 Å². The van der Waals surface area contributed by atoms with E-state index in [9.17, 15) is 27.6 Å². The number of methoxy groups -OCH3 is 1. The van der Waals surface area contributed by atoms with Crippen LogP contribution < -0.4 is 20.9 Å². The lowest BCUT2D eigenvalue weighted by Crippen LogP contribution is -2.40. The second-order valence-electron chi connectivity index (χ2n) is 18.2. The SMILES string of the molecule is CCN(CC)c1ccc(NC(=O)c2cccc(CCCOCCOCCOCCOCCNC(=O)N(C)CCOCCOCCOCCOCCOCCOCCOC)c2)c(-c2cc(C(=O)NCc3cccc(C(F)(F)F)c3)ccn2)c1. The van der Waals surface area contributed by atoms with Crippen LogP contribution in [0.3, 0.4) is 0 Å². The highest BCUT2D eigenvalue weighted by Crippen LogP contribution is 2.33. The third-order valence-corrected chi connectivity index (χ3v) is 12.2. The molecule has 1 aromatic heterocycles. The summed E-state index contributed by atoms with van der Waals surface area (Å²) in [7, 11) is 3.33. The quantitative estimate of drug-likeness (QED) is 0.0375. The Morgan fingerprint density at radius 2 is 1.07 bits per heavy atom. The van der Waals surface area contributed by atoms with Crippen LogP contribution >= 0.6 is 0 Å². The van der Waals surface area contributed by atoms with Crippen LogP contribution in [0.5, 0.6) is 0 Å². The first-order valence-corrected chi connectivity index (χ1v) is 27.9. The zero-order chi connectivity index (χ0) is 58.9. The van der Waals surface area contributed by atoms with Gasteiger partial charge in [0.15, 0.2) is 0 Å². The Labute approximate surface area is 480 Å². The van der Waals surface area contributed by atoms with Crippen molar-refractivity contribution in [1.29, 1.82) is 0 Å². The summed E-state index contributed by atoms with van der Waals surface area (Å²) in [5.74, 6) is -0.814. The number of amides is 4. The van der Waals surface area contributed by atoms with Gasteiger partial charge in [-0.15, -0.1) is 0 Å². The molecule has 3 N–H and O–H groups in total. The number of nitrogens with one attached hydrogen (secondary N) is 3. The zero-order valence-electron chi connectivity index (χ0n) is 48.1. The van der Waals surface area contributed by atoms with Crippen molar-refractivity contribution in [2.24, 2.45) is 0 Å². The summed E-state index contributed by atoms with van der Waals surface area (Å²) < 4.78 is 100. The third-order valence-electron chi connectivity index (χ3n) is 12.2. The number of benzene rings is 3. The first-order valence-electron chi connectivity index (χ1n) is 27.9. The normalized spacial score (nSPS) is 11.5. The summed E-state index contributed by atoms with van der Waals surface area (Å²) in [6, 6.07) is 20.8. The summed E-state index contributed by atoms with van der Waals surface area (Å²) >= 11 is 0. The van der Waals surface area contributed by atoms with Crippen LogP contribution in [-0.2, 0) is 71.2 Å². The average Bonchev–Trinajstić information content (AvgIpc) is 3.50. The minimum absolute atomic E-state index is 0.106. The third kappa shape index (κ3) is 28.9. The minimum Gasteiger partial charge on any atom is -0.382 e. The number of hydrogen-bond acceptors (Lipinski definition) is 16. The Kier molecular flexibility index (Phi) is 35.2. The molecule has 20 nitrogen and oxygen atoms in total. The van der Waals surface area contributed by atoms with Crippen molar-refractivity contribution in [3.63, 3.8) is 0 Å². The molecular weight excluding hydrogens is 1070 g/mol. The number of halogens is 3. The van der Waals surface area contributed by atoms with Crippen molar-refractivity contribution in [3.8, 4) is 11.3 Å². The van der Waals surface area contributed by atoms with Crippen LogP contribution in [0, 0.1) is 0 Å². The van der Waals surface area contributed by atoms with Gasteiger partial charge < -0.3 is 77.9 Å². The van der Waals surface area contributed by atoms with Gasteiger partial charge in [-0.25, -0.2) is 4.79 Å². The number of rotatable bonds is 46. The van der Waals surface area contributed by atoms with E-state index in [1.165, 1.54) is 24.4 Å². The van der Waals surface area contributed by atoms with Gasteiger partial charge in [0, 0.05) is 82.1 Å². The Bertz CT molecular complexity index is 2390. The largest absolute Gasteiger partial charge is 0.416 e. The number of pyridine rings is 1. The zero-order valence-corrected chi connectivity index (χ0v) is 48.1.